The molecule has 1 aliphatic carbocycles. The van der Waals surface area contributed by atoms with Gasteiger partial charge in [0.1, 0.15) is 17.3 Å². The minimum absolute atomic E-state index is 0.00323. The lowest BCUT2D eigenvalue weighted by Gasteiger charge is -2.20. The Morgan fingerprint density at radius 3 is 2.43 bits per heavy atom. The summed E-state index contributed by atoms with van der Waals surface area (Å²) in [6, 6.07) is 26.7. The molecule has 0 fully saturated rings. The van der Waals surface area contributed by atoms with Gasteiger partial charge in [-0.2, -0.15) is 0 Å². The Labute approximate surface area is 246 Å². The van der Waals surface area contributed by atoms with E-state index in [2.05, 4.69) is 84.8 Å². The van der Waals surface area contributed by atoms with Gasteiger partial charge >= 0.3 is 0 Å². The minimum Gasteiger partial charge on any atom is -0.459 e. The maximum Gasteiger partial charge on any atom is 0.191 e. The standard InChI is InChI=1S/C37H32N4O/c1-37(2,3)27-15-16-39-36(20-27)41-34-12-8-7-11-31(34)32-14-13-29(22-35(32)41)42-30-18-26(17-28(21-30)38-4)33-19-24-9-5-6-10-25(24)23-40-33/h7-8,11-23H,5-6,9-10H2,1-3H3. The molecule has 0 spiro atoms. The average molecular weight is 549 g/mol. The van der Waals surface area contributed by atoms with E-state index in [0.717, 1.165) is 51.7 Å². The van der Waals surface area contributed by atoms with Crippen LogP contribution in [0.2, 0.25) is 0 Å². The number of hydrogen-bond donors (Lipinski definition) is 0. The molecular weight excluding hydrogens is 516 g/mol. The van der Waals surface area contributed by atoms with Crippen molar-refractivity contribution in [2.75, 3.05) is 0 Å². The Hall–Kier alpha value is -4.95. The number of aromatic nitrogens is 3. The first-order chi connectivity index (χ1) is 20.4. The molecule has 1 aliphatic rings. The normalized spacial score (nSPS) is 13.2. The van der Waals surface area contributed by atoms with E-state index in [1.807, 2.05) is 30.6 Å². The lowest BCUT2D eigenvalue weighted by atomic mass is 9.88. The predicted molar refractivity (Wildman–Crippen MR) is 170 cm³/mol. The summed E-state index contributed by atoms with van der Waals surface area (Å²) in [4.78, 5) is 13.3. The van der Waals surface area contributed by atoms with Gasteiger partial charge in [-0.15, -0.1) is 0 Å². The molecule has 3 aromatic heterocycles. The van der Waals surface area contributed by atoms with Gasteiger partial charge in [0.05, 0.1) is 23.3 Å². The number of nitrogens with zero attached hydrogens (tertiary/aromatic N) is 4. The van der Waals surface area contributed by atoms with E-state index < -0.39 is 0 Å². The van der Waals surface area contributed by atoms with E-state index >= 15 is 0 Å². The summed E-state index contributed by atoms with van der Waals surface area (Å²) >= 11 is 0. The van der Waals surface area contributed by atoms with E-state index in [-0.39, 0.29) is 5.41 Å². The van der Waals surface area contributed by atoms with Crippen LogP contribution in [-0.4, -0.2) is 14.5 Å². The Kier molecular flexibility index (Phi) is 6.28. The van der Waals surface area contributed by atoms with Gasteiger partial charge in [0.15, 0.2) is 5.69 Å². The first-order valence-corrected chi connectivity index (χ1v) is 14.6. The van der Waals surface area contributed by atoms with Gasteiger partial charge in [-0.25, -0.2) is 9.83 Å². The first-order valence-electron chi connectivity index (χ1n) is 14.6. The highest BCUT2D eigenvalue weighted by atomic mass is 16.5. The van der Waals surface area contributed by atoms with Crippen LogP contribution in [0.4, 0.5) is 5.69 Å². The molecule has 0 saturated carbocycles. The van der Waals surface area contributed by atoms with Crippen LogP contribution >= 0.6 is 0 Å². The fourth-order valence-corrected chi connectivity index (χ4v) is 6.03. The molecule has 0 atom stereocenters. The van der Waals surface area contributed by atoms with Crippen LogP contribution in [0.5, 0.6) is 11.5 Å². The zero-order valence-corrected chi connectivity index (χ0v) is 24.2. The van der Waals surface area contributed by atoms with Crippen molar-refractivity contribution in [2.45, 2.75) is 51.9 Å². The number of ether oxygens (including phenoxy) is 1. The average Bonchev–Trinajstić information content (AvgIpc) is 3.34. The van der Waals surface area contributed by atoms with E-state index in [1.54, 1.807) is 6.07 Å². The van der Waals surface area contributed by atoms with Crippen molar-refractivity contribution < 1.29 is 4.74 Å². The fraction of sp³-hybridized carbons (Fsp3) is 0.216. The molecule has 5 nitrogen and oxygen atoms in total. The molecule has 0 aliphatic heterocycles. The van der Waals surface area contributed by atoms with Crippen LogP contribution in [0.3, 0.4) is 0 Å². The largest absolute Gasteiger partial charge is 0.459 e. The number of hydrogen-bond acceptors (Lipinski definition) is 3. The van der Waals surface area contributed by atoms with Crippen LogP contribution in [0.1, 0.15) is 50.3 Å². The summed E-state index contributed by atoms with van der Waals surface area (Å²) in [7, 11) is 0. The van der Waals surface area contributed by atoms with Crippen molar-refractivity contribution in [3.63, 3.8) is 0 Å². The molecule has 0 N–H and O–H groups in total. The summed E-state index contributed by atoms with van der Waals surface area (Å²) in [5, 5.41) is 2.30. The SMILES string of the molecule is [C-]#[N+]c1cc(Oc2ccc3c4ccccc4n(-c4cc(C(C)(C)C)ccn4)c3c2)cc(-c2cc3c(cn2)CCCC3)c1. The predicted octanol–water partition coefficient (Wildman–Crippen LogP) is 9.76. The molecule has 0 amide bonds. The zero-order chi connectivity index (χ0) is 28.8. The second-order valence-corrected chi connectivity index (χ2v) is 12.2. The smallest absolute Gasteiger partial charge is 0.191 e. The Morgan fingerprint density at radius 2 is 1.60 bits per heavy atom. The highest BCUT2D eigenvalue weighted by Gasteiger charge is 2.18. The van der Waals surface area contributed by atoms with Gasteiger partial charge in [0, 0.05) is 29.2 Å². The molecule has 0 radical (unpaired) electrons. The fourth-order valence-electron chi connectivity index (χ4n) is 6.03. The minimum atomic E-state index is 0.00323. The van der Waals surface area contributed by atoms with Gasteiger partial charge in [0.25, 0.3) is 0 Å². The molecule has 5 heteroatoms. The number of fused-ring (bicyclic) bond motifs is 4. The number of para-hydroxylation sites is 1. The lowest BCUT2D eigenvalue weighted by molar-refractivity contribution is 0.484. The quantitative estimate of drug-likeness (QED) is 0.206. The van der Waals surface area contributed by atoms with Gasteiger partial charge in [-0.3, -0.25) is 9.55 Å². The Bertz CT molecular complexity index is 2020. The highest BCUT2D eigenvalue weighted by Crippen LogP contribution is 2.37. The Balaban J connectivity index is 1.32. The number of rotatable bonds is 4. The molecule has 42 heavy (non-hydrogen) atoms. The molecule has 3 heterocycles. The molecular formula is C37H32N4O. The third kappa shape index (κ3) is 4.69. The summed E-state index contributed by atoms with van der Waals surface area (Å²) in [5.41, 5.74) is 8.35. The van der Waals surface area contributed by atoms with Crippen LogP contribution < -0.4 is 4.74 Å². The van der Waals surface area contributed by atoms with Gasteiger partial charge in [-0.05, 0) is 108 Å². The van der Waals surface area contributed by atoms with E-state index in [9.17, 15) is 0 Å². The number of pyridine rings is 2. The van der Waals surface area contributed by atoms with Gasteiger partial charge in [0.2, 0.25) is 0 Å². The van der Waals surface area contributed by atoms with Gasteiger partial charge < -0.3 is 4.74 Å². The molecule has 7 rings (SSSR count). The van der Waals surface area contributed by atoms with Crippen LogP contribution in [0, 0.1) is 6.57 Å². The van der Waals surface area contributed by atoms with Crippen LogP contribution in [0.15, 0.2) is 91.3 Å². The summed E-state index contributed by atoms with van der Waals surface area (Å²) in [6.07, 6.45) is 8.50. The maximum absolute atomic E-state index is 7.72. The molecule has 6 aromatic rings. The van der Waals surface area contributed by atoms with Crippen molar-refractivity contribution in [3.8, 4) is 28.6 Å². The Morgan fingerprint density at radius 1 is 0.786 bits per heavy atom. The first kappa shape index (κ1) is 26.0. The van der Waals surface area contributed by atoms with Crippen molar-refractivity contribution in [1.29, 1.82) is 0 Å². The zero-order valence-electron chi connectivity index (χ0n) is 24.2. The lowest BCUT2D eigenvalue weighted by Crippen LogP contribution is -2.12. The van der Waals surface area contributed by atoms with E-state index in [4.69, 9.17) is 21.3 Å². The van der Waals surface area contributed by atoms with Crippen LogP contribution in [0.25, 0.3) is 43.7 Å². The summed E-state index contributed by atoms with van der Waals surface area (Å²) in [6.45, 7) is 14.4. The van der Waals surface area contributed by atoms with Gasteiger partial charge in [-0.1, -0.05) is 39.0 Å². The maximum atomic E-state index is 7.72. The monoisotopic (exact) mass is 548 g/mol. The molecule has 0 unspecified atom stereocenters. The van der Waals surface area contributed by atoms with Crippen molar-refractivity contribution in [2.24, 2.45) is 0 Å². The van der Waals surface area contributed by atoms with Crippen molar-refractivity contribution in [1.82, 2.24) is 14.5 Å². The number of aryl methyl sites for hydroxylation is 2. The summed E-state index contributed by atoms with van der Waals surface area (Å²) in [5.74, 6) is 2.19. The topological polar surface area (TPSA) is 44.3 Å². The number of benzene rings is 3. The van der Waals surface area contributed by atoms with Crippen LogP contribution in [-0.2, 0) is 18.3 Å². The molecule has 206 valence electrons. The molecule has 0 bridgehead atoms. The second-order valence-electron chi connectivity index (χ2n) is 12.2. The van der Waals surface area contributed by atoms with E-state index in [0.29, 0.717) is 17.2 Å². The summed E-state index contributed by atoms with van der Waals surface area (Å²) < 4.78 is 8.68. The second kappa shape index (κ2) is 10.2. The van der Waals surface area contributed by atoms with Crippen molar-refractivity contribution in [3.05, 3.63) is 119 Å². The molecule has 3 aromatic carbocycles. The highest BCUT2D eigenvalue weighted by molar-refractivity contribution is 6.09. The van der Waals surface area contributed by atoms with Crippen molar-refractivity contribution >= 4 is 27.5 Å². The third-order valence-corrected chi connectivity index (χ3v) is 8.26. The van der Waals surface area contributed by atoms with E-state index in [1.165, 1.54) is 29.5 Å². The molecule has 0 saturated heterocycles. The third-order valence-electron chi connectivity index (χ3n) is 8.26.